The quantitative estimate of drug-likeness (QED) is 0.644. The van der Waals surface area contributed by atoms with Gasteiger partial charge in [0, 0.05) is 10.9 Å². The summed E-state index contributed by atoms with van der Waals surface area (Å²) in [4.78, 5) is 39.2. The van der Waals surface area contributed by atoms with Gasteiger partial charge in [0.05, 0.1) is 17.4 Å². The Morgan fingerprint density at radius 2 is 1.72 bits per heavy atom. The molecule has 6 nitrogen and oxygen atoms in total. The van der Waals surface area contributed by atoms with Gasteiger partial charge in [0.1, 0.15) is 5.00 Å². The standard InChI is InChI=1S/C22H26N2O4S/c25-19(16-11-8-9-12(10-11)17(16)22(27)28)24-21-18(14-6-3-7-15(14)29-21)20(26)23-13-4-1-2-5-13/h8-9,11-13,16-17H,1-7,10H2,(H,23,26)(H,24,25)(H,27,28)/t11-,12-,16-,17-/m0/s1. The number of carbonyl (C=O) groups is 3. The molecule has 0 radical (unpaired) electrons. The molecule has 29 heavy (non-hydrogen) atoms. The number of hydrogen-bond acceptors (Lipinski definition) is 4. The van der Waals surface area contributed by atoms with Crippen LogP contribution in [0.4, 0.5) is 5.00 Å². The van der Waals surface area contributed by atoms with Gasteiger partial charge in [-0.1, -0.05) is 25.0 Å². The molecule has 0 aromatic carbocycles. The van der Waals surface area contributed by atoms with E-state index in [2.05, 4.69) is 10.6 Å². The van der Waals surface area contributed by atoms with Gasteiger partial charge in [0.15, 0.2) is 0 Å². The topological polar surface area (TPSA) is 95.5 Å². The first-order valence-corrected chi connectivity index (χ1v) is 11.5. The lowest BCUT2D eigenvalue weighted by molar-refractivity contribution is -0.146. The maximum absolute atomic E-state index is 13.1. The molecule has 1 aromatic heterocycles. The number of carbonyl (C=O) groups excluding carboxylic acids is 2. The average molecular weight is 415 g/mol. The maximum Gasteiger partial charge on any atom is 0.307 e. The molecule has 2 saturated carbocycles. The van der Waals surface area contributed by atoms with E-state index in [-0.39, 0.29) is 29.7 Å². The molecular formula is C22H26N2O4S. The van der Waals surface area contributed by atoms with Crippen molar-refractivity contribution in [1.82, 2.24) is 5.32 Å². The summed E-state index contributed by atoms with van der Waals surface area (Å²) >= 11 is 1.49. The van der Waals surface area contributed by atoms with Gasteiger partial charge in [-0.25, -0.2) is 0 Å². The third-order valence-electron chi connectivity index (χ3n) is 7.12. The van der Waals surface area contributed by atoms with Crippen LogP contribution in [0.1, 0.15) is 59.3 Å². The maximum atomic E-state index is 13.1. The molecule has 0 saturated heterocycles. The van der Waals surface area contributed by atoms with Crippen LogP contribution in [0.3, 0.4) is 0 Å². The third-order valence-corrected chi connectivity index (χ3v) is 8.33. The molecule has 154 valence electrons. The van der Waals surface area contributed by atoms with E-state index in [1.165, 1.54) is 16.2 Å². The Morgan fingerprint density at radius 3 is 2.45 bits per heavy atom. The number of fused-ring (bicyclic) bond motifs is 3. The summed E-state index contributed by atoms with van der Waals surface area (Å²) in [7, 11) is 0. The third kappa shape index (κ3) is 3.19. The highest BCUT2D eigenvalue weighted by Crippen LogP contribution is 2.49. The van der Waals surface area contributed by atoms with Crippen molar-refractivity contribution in [3.05, 3.63) is 28.2 Å². The number of rotatable bonds is 5. The predicted molar refractivity (Wildman–Crippen MR) is 110 cm³/mol. The predicted octanol–water partition coefficient (Wildman–Crippen LogP) is 3.37. The minimum absolute atomic E-state index is 0.0244. The number of nitrogens with one attached hydrogen (secondary N) is 2. The van der Waals surface area contributed by atoms with E-state index in [1.54, 1.807) is 0 Å². The number of thiophene rings is 1. The van der Waals surface area contributed by atoms with Crippen molar-refractivity contribution in [2.45, 2.75) is 57.4 Å². The molecule has 2 amide bonds. The van der Waals surface area contributed by atoms with Gasteiger partial charge in [0.2, 0.25) is 5.91 Å². The first-order chi connectivity index (χ1) is 14.0. The number of aryl methyl sites for hydroxylation is 1. The lowest BCUT2D eigenvalue weighted by atomic mass is 9.82. The molecule has 4 atom stereocenters. The Hall–Kier alpha value is -2.15. The van der Waals surface area contributed by atoms with Crippen molar-refractivity contribution in [2.24, 2.45) is 23.7 Å². The van der Waals surface area contributed by atoms with Gasteiger partial charge in [-0.2, -0.15) is 0 Å². The van der Waals surface area contributed by atoms with Gasteiger partial charge in [-0.05, 0) is 55.9 Å². The minimum atomic E-state index is -0.908. The zero-order valence-corrected chi connectivity index (χ0v) is 17.1. The number of amides is 2. The normalized spacial score (nSPS) is 29.9. The molecule has 2 fully saturated rings. The fraction of sp³-hybridized carbons (Fsp3) is 0.591. The van der Waals surface area contributed by atoms with Crippen LogP contribution in [0, 0.1) is 23.7 Å². The van der Waals surface area contributed by atoms with Crippen LogP contribution in [0.2, 0.25) is 0 Å². The van der Waals surface area contributed by atoms with Crippen molar-refractivity contribution < 1.29 is 19.5 Å². The van der Waals surface area contributed by atoms with Gasteiger partial charge >= 0.3 is 5.97 Å². The molecule has 4 aliphatic carbocycles. The second-order valence-corrected chi connectivity index (χ2v) is 9.95. The van der Waals surface area contributed by atoms with E-state index in [4.69, 9.17) is 0 Å². The number of aliphatic carboxylic acids is 1. The van der Waals surface area contributed by atoms with Crippen molar-refractivity contribution in [1.29, 1.82) is 0 Å². The van der Waals surface area contributed by atoms with Crippen LogP contribution >= 0.6 is 11.3 Å². The molecular weight excluding hydrogens is 388 g/mol. The fourth-order valence-corrected chi connectivity index (χ4v) is 7.06. The van der Waals surface area contributed by atoms with Gasteiger partial charge in [0.25, 0.3) is 5.91 Å². The molecule has 4 aliphatic rings. The molecule has 1 aromatic rings. The van der Waals surface area contributed by atoms with Crippen LogP contribution in [0.25, 0.3) is 0 Å². The van der Waals surface area contributed by atoms with Gasteiger partial charge in [-0.3, -0.25) is 14.4 Å². The number of carboxylic acids is 1. The first-order valence-electron chi connectivity index (χ1n) is 10.7. The largest absolute Gasteiger partial charge is 0.481 e. The Bertz CT molecular complexity index is 899. The van der Waals surface area contributed by atoms with Crippen LogP contribution in [0.5, 0.6) is 0 Å². The molecule has 2 bridgehead atoms. The summed E-state index contributed by atoms with van der Waals surface area (Å²) < 4.78 is 0. The minimum Gasteiger partial charge on any atom is -0.481 e. The second-order valence-electron chi connectivity index (χ2n) is 8.84. The van der Waals surface area contributed by atoms with Crippen LogP contribution in [-0.4, -0.2) is 28.9 Å². The lowest BCUT2D eigenvalue weighted by Gasteiger charge is -2.24. The van der Waals surface area contributed by atoms with Crippen LogP contribution < -0.4 is 10.6 Å². The highest BCUT2D eigenvalue weighted by Gasteiger charge is 2.51. The zero-order chi connectivity index (χ0) is 20.1. The van der Waals surface area contributed by atoms with Crippen molar-refractivity contribution in [3.8, 4) is 0 Å². The number of anilines is 1. The number of hydrogen-bond donors (Lipinski definition) is 3. The Kier molecular flexibility index (Phi) is 4.73. The molecule has 3 N–H and O–H groups in total. The zero-order valence-electron chi connectivity index (χ0n) is 16.3. The Labute approximate surface area is 173 Å². The Morgan fingerprint density at radius 1 is 1.00 bits per heavy atom. The van der Waals surface area contributed by atoms with Gasteiger partial charge < -0.3 is 15.7 Å². The monoisotopic (exact) mass is 414 g/mol. The summed E-state index contributed by atoms with van der Waals surface area (Å²) in [5.74, 6) is -2.58. The summed E-state index contributed by atoms with van der Waals surface area (Å²) in [5.41, 5.74) is 1.69. The summed E-state index contributed by atoms with van der Waals surface area (Å²) in [6.07, 6.45) is 11.8. The fourth-order valence-electron chi connectivity index (χ4n) is 5.77. The van der Waals surface area contributed by atoms with Crippen molar-refractivity contribution in [3.63, 3.8) is 0 Å². The molecule has 1 heterocycles. The molecule has 0 spiro atoms. The highest BCUT2D eigenvalue weighted by molar-refractivity contribution is 7.17. The summed E-state index contributed by atoms with van der Waals surface area (Å²) in [5, 5.41) is 16.4. The summed E-state index contributed by atoms with van der Waals surface area (Å²) in [6.45, 7) is 0. The van der Waals surface area contributed by atoms with Crippen LogP contribution in [0.15, 0.2) is 12.2 Å². The van der Waals surface area contributed by atoms with Gasteiger partial charge in [-0.15, -0.1) is 11.3 Å². The summed E-state index contributed by atoms with van der Waals surface area (Å²) in [6, 6.07) is 0.218. The van der Waals surface area contributed by atoms with E-state index in [0.29, 0.717) is 10.6 Å². The van der Waals surface area contributed by atoms with Crippen LogP contribution in [-0.2, 0) is 22.4 Å². The first kappa shape index (κ1) is 18.9. The molecule has 0 unspecified atom stereocenters. The van der Waals surface area contributed by atoms with E-state index in [1.807, 2.05) is 12.2 Å². The van der Waals surface area contributed by atoms with E-state index >= 15 is 0 Å². The number of allylic oxidation sites excluding steroid dienone is 2. The van der Waals surface area contributed by atoms with E-state index in [9.17, 15) is 19.5 Å². The smallest absolute Gasteiger partial charge is 0.307 e. The molecule has 7 heteroatoms. The number of carboxylic acid groups (broad SMARTS) is 1. The van der Waals surface area contributed by atoms with E-state index in [0.717, 1.165) is 56.9 Å². The molecule has 0 aliphatic heterocycles. The van der Waals surface area contributed by atoms with Crippen molar-refractivity contribution >= 4 is 34.1 Å². The second kappa shape index (κ2) is 7.27. The highest BCUT2D eigenvalue weighted by atomic mass is 32.1. The van der Waals surface area contributed by atoms with Crippen molar-refractivity contribution in [2.75, 3.05) is 5.32 Å². The Balaban J connectivity index is 1.40. The van der Waals surface area contributed by atoms with E-state index < -0.39 is 17.8 Å². The SMILES string of the molecule is O=C(NC1CCCC1)c1c(NC(=O)[C@@H]2[C@@H](C(=O)O)[C@H]3C=C[C@H]2C3)sc2c1CCC2. The molecule has 5 rings (SSSR count). The lowest BCUT2D eigenvalue weighted by Crippen LogP contribution is -2.37. The average Bonchev–Trinajstić information content (AvgIpc) is 3.46.